The number of ether oxygens (including phenoxy) is 2. The molecule has 0 aliphatic heterocycles. The number of likely N-dealkylation sites (N-methyl/N-ethyl adjacent to an activating group) is 1. The van der Waals surface area contributed by atoms with Crippen LogP contribution in [0.5, 0.6) is 5.75 Å². The fraction of sp³-hybridized carbons (Fsp3) is 0.267. The van der Waals surface area contributed by atoms with Crippen LogP contribution in [0, 0.1) is 5.82 Å². The normalized spacial score (nSPS) is 11.5. The van der Waals surface area contributed by atoms with Crippen LogP contribution in [-0.2, 0) is 19.6 Å². The standard InChI is InChI=1S/C15H15ClFNO5S2/c1-18(25(20,21)15-7-6-13(16)24-15)10-14(19)23-9-8-22-12-4-2-11(17)3-5-12/h2-7H,8-10H2,1H3. The van der Waals surface area contributed by atoms with Gasteiger partial charge < -0.3 is 9.47 Å². The van der Waals surface area contributed by atoms with E-state index in [1.54, 1.807) is 0 Å². The van der Waals surface area contributed by atoms with E-state index in [-0.39, 0.29) is 23.2 Å². The SMILES string of the molecule is CN(CC(=O)OCCOc1ccc(F)cc1)S(=O)(=O)c1ccc(Cl)s1. The average molecular weight is 408 g/mol. The summed E-state index contributed by atoms with van der Waals surface area (Å²) in [5.74, 6) is -0.654. The molecule has 1 heterocycles. The summed E-state index contributed by atoms with van der Waals surface area (Å²) < 4.78 is 48.7. The van der Waals surface area contributed by atoms with Crippen LogP contribution in [0.3, 0.4) is 0 Å². The lowest BCUT2D eigenvalue weighted by Crippen LogP contribution is -2.33. The molecule has 0 N–H and O–H groups in total. The first-order valence-corrected chi connectivity index (χ1v) is 9.68. The summed E-state index contributed by atoms with van der Waals surface area (Å²) in [5.41, 5.74) is 0. The molecule has 6 nitrogen and oxygen atoms in total. The Bertz CT molecular complexity index is 823. The second kappa shape index (κ2) is 8.61. The van der Waals surface area contributed by atoms with Crippen LogP contribution in [0.1, 0.15) is 0 Å². The van der Waals surface area contributed by atoms with E-state index in [0.29, 0.717) is 10.1 Å². The second-order valence-electron chi connectivity index (χ2n) is 4.84. The van der Waals surface area contributed by atoms with Crippen molar-refractivity contribution in [1.82, 2.24) is 4.31 Å². The Balaban J connectivity index is 1.76. The smallest absolute Gasteiger partial charge is 0.321 e. The van der Waals surface area contributed by atoms with Gasteiger partial charge in [0.25, 0.3) is 10.0 Å². The minimum Gasteiger partial charge on any atom is -0.490 e. The molecule has 1 aromatic heterocycles. The number of carbonyl (C=O) groups excluding carboxylic acids is 1. The highest BCUT2D eigenvalue weighted by atomic mass is 35.5. The van der Waals surface area contributed by atoms with Gasteiger partial charge in [-0.15, -0.1) is 11.3 Å². The highest BCUT2D eigenvalue weighted by Gasteiger charge is 2.25. The van der Waals surface area contributed by atoms with E-state index in [2.05, 4.69) is 0 Å². The van der Waals surface area contributed by atoms with Crippen LogP contribution in [0.25, 0.3) is 0 Å². The number of hydrogen-bond donors (Lipinski definition) is 0. The van der Waals surface area contributed by atoms with Gasteiger partial charge in [0.05, 0.1) is 4.34 Å². The first kappa shape index (κ1) is 19.6. The Morgan fingerprint density at radius 1 is 1.20 bits per heavy atom. The minimum atomic E-state index is -3.79. The van der Waals surface area contributed by atoms with Crippen molar-refractivity contribution in [3.63, 3.8) is 0 Å². The van der Waals surface area contributed by atoms with Crippen molar-refractivity contribution >= 4 is 38.9 Å². The molecule has 0 fully saturated rings. The van der Waals surface area contributed by atoms with Crippen LogP contribution >= 0.6 is 22.9 Å². The molecule has 0 spiro atoms. The molecule has 0 unspecified atom stereocenters. The summed E-state index contributed by atoms with van der Waals surface area (Å²) in [6.45, 7) is -0.433. The number of rotatable bonds is 8. The highest BCUT2D eigenvalue weighted by molar-refractivity contribution is 7.91. The number of thiophene rings is 1. The summed E-state index contributed by atoms with van der Waals surface area (Å²) >= 11 is 6.64. The van der Waals surface area contributed by atoms with E-state index in [0.717, 1.165) is 15.6 Å². The van der Waals surface area contributed by atoms with Gasteiger partial charge in [-0.2, -0.15) is 4.31 Å². The molecule has 0 bridgehead atoms. The molecule has 0 saturated heterocycles. The van der Waals surface area contributed by atoms with Crippen LogP contribution in [0.15, 0.2) is 40.6 Å². The number of esters is 1. The Labute approximate surface area is 153 Å². The van der Waals surface area contributed by atoms with Gasteiger partial charge in [0, 0.05) is 7.05 Å². The van der Waals surface area contributed by atoms with Crippen molar-refractivity contribution in [2.75, 3.05) is 26.8 Å². The van der Waals surface area contributed by atoms with Crippen molar-refractivity contribution in [3.05, 3.63) is 46.6 Å². The average Bonchev–Trinajstić information content (AvgIpc) is 3.00. The van der Waals surface area contributed by atoms with Crippen molar-refractivity contribution in [2.24, 2.45) is 0 Å². The molecule has 0 radical (unpaired) electrons. The monoisotopic (exact) mass is 407 g/mol. The lowest BCUT2D eigenvalue weighted by molar-refractivity contribution is -0.144. The van der Waals surface area contributed by atoms with Crippen LogP contribution in [-0.4, -0.2) is 45.5 Å². The number of sulfonamides is 1. The molecule has 10 heteroatoms. The van der Waals surface area contributed by atoms with Gasteiger partial charge in [0.1, 0.15) is 35.5 Å². The first-order valence-electron chi connectivity index (χ1n) is 7.05. The topological polar surface area (TPSA) is 72.9 Å². The first-order chi connectivity index (χ1) is 11.8. The Morgan fingerprint density at radius 3 is 2.48 bits per heavy atom. The van der Waals surface area contributed by atoms with E-state index in [1.807, 2.05) is 0 Å². The Morgan fingerprint density at radius 2 is 1.88 bits per heavy atom. The predicted octanol–water partition coefficient (Wildman–Crippen LogP) is 2.78. The molecule has 0 amide bonds. The van der Waals surface area contributed by atoms with Gasteiger partial charge >= 0.3 is 5.97 Å². The zero-order valence-corrected chi connectivity index (χ0v) is 15.5. The summed E-state index contributed by atoms with van der Waals surface area (Å²) in [5, 5.41) is 0. The van der Waals surface area contributed by atoms with E-state index >= 15 is 0 Å². The molecule has 2 rings (SSSR count). The lowest BCUT2D eigenvalue weighted by atomic mass is 10.3. The molecular formula is C15H15ClFNO5S2. The number of hydrogen-bond acceptors (Lipinski definition) is 6. The molecule has 1 aromatic carbocycles. The predicted molar refractivity (Wildman–Crippen MR) is 92.0 cm³/mol. The van der Waals surface area contributed by atoms with E-state index < -0.39 is 22.5 Å². The maximum atomic E-state index is 12.7. The third-order valence-corrected chi connectivity index (χ3v) is 6.50. The van der Waals surface area contributed by atoms with Gasteiger partial charge in [-0.05, 0) is 36.4 Å². The maximum Gasteiger partial charge on any atom is 0.321 e. The highest BCUT2D eigenvalue weighted by Crippen LogP contribution is 2.27. The van der Waals surface area contributed by atoms with Crippen LogP contribution < -0.4 is 4.74 Å². The summed E-state index contributed by atoms with van der Waals surface area (Å²) in [4.78, 5) is 11.7. The summed E-state index contributed by atoms with van der Waals surface area (Å²) in [7, 11) is -2.51. The zero-order chi connectivity index (χ0) is 18.4. The summed E-state index contributed by atoms with van der Waals surface area (Å²) in [6.07, 6.45) is 0. The van der Waals surface area contributed by atoms with Crippen molar-refractivity contribution < 1.29 is 27.1 Å². The van der Waals surface area contributed by atoms with Crippen LogP contribution in [0.4, 0.5) is 4.39 Å². The molecule has 2 aromatic rings. The molecule has 0 aliphatic carbocycles. The molecule has 0 saturated carbocycles. The Kier molecular flexibility index (Phi) is 6.77. The zero-order valence-electron chi connectivity index (χ0n) is 13.1. The fourth-order valence-corrected chi connectivity index (χ4v) is 4.56. The van der Waals surface area contributed by atoms with E-state index in [1.165, 1.54) is 43.4 Å². The van der Waals surface area contributed by atoms with Gasteiger partial charge in [0.2, 0.25) is 0 Å². The molecular weight excluding hydrogens is 393 g/mol. The third kappa shape index (κ3) is 5.67. The second-order valence-corrected chi connectivity index (χ2v) is 8.83. The molecule has 136 valence electrons. The Hall–Kier alpha value is -1.68. The third-order valence-electron chi connectivity index (χ3n) is 2.99. The van der Waals surface area contributed by atoms with Crippen LogP contribution in [0.2, 0.25) is 4.34 Å². The lowest BCUT2D eigenvalue weighted by Gasteiger charge is -2.15. The van der Waals surface area contributed by atoms with E-state index in [4.69, 9.17) is 21.1 Å². The van der Waals surface area contributed by atoms with Gasteiger partial charge in [-0.25, -0.2) is 12.8 Å². The van der Waals surface area contributed by atoms with Crippen molar-refractivity contribution in [1.29, 1.82) is 0 Å². The van der Waals surface area contributed by atoms with E-state index in [9.17, 15) is 17.6 Å². The maximum absolute atomic E-state index is 12.7. The largest absolute Gasteiger partial charge is 0.490 e. The number of nitrogens with zero attached hydrogens (tertiary/aromatic N) is 1. The van der Waals surface area contributed by atoms with Gasteiger partial charge in [0.15, 0.2) is 0 Å². The van der Waals surface area contributed by atoms with Crippen molar-refractivity contribution in [2.45, 2.75) is 4.21 Å². The van der Waals surface area contributed by atoms with Gasteiger partial charge in [-0.3, -0.25) is 4.79 Å². The number of halogens is 2. The fourth-order valence-electron chi connectivity index (χ4n) is 1.75. The summed E-state index contributed by atoms with van der Waals surface area (Å²) in [6, 6.07) is 8.24. The minimum absolute atomic E-state index is 0.0486. The quantitative estimate of drug-likeness (QED) is 0.497. The molecule has 25 heavy (non-hydrogen) atoms. The van der Waals surface area contributed by atoms with Gasteiger partial charge in [-0.1, -0.05) is 11.6 Å². The number of benzene rings is 1. The number of carbonyl (C=O) groups is 1. The molecule has 0 atom stereocenters. The molecule has 0 aliphatic rings. The van der Waals surface area contributed by atoms with Crippen molar-refractivity contribution in [3.8, 4) is 5.75 Å².